The lowest BCUT2D eigenvalue weighted by Crippen LogP contribution is -2.69. The highest BCUT2D eigenvalue weighted by Crippen LogP contribution is 2.23. The molecule has 2 aliphatic heterocycles. The van der Waals surface area contributed by atoms with Crippen LogP contribution in [0.4, 0.5) is 0 Å². The number of nitrogens with one attached hydrogen (secondary N) is 2. The number of benzene rings is 1. The van der Waals surface area contributed by atoms with Gasteiger partial charge in [0.15, 0.2) is 0 Å². The lowest BCUT2D eigenvalue weighted by Gasteiger charge is -2.45. The second kappa shape index (κ2) is 7.33. The van der Waals surface area contributed by atoms with Crippen LogP contribution in [-0.4, -0.2) is 63.3 Å². The molecule has 2 saturated heterocycles. The summed E-state index contributed by atoms with van der Waals surface area (Å²) in [7, 11) is 0. The molecule has 2 aromatic heterocycles. The van der Waals surface area contributed by atoms with Gasteiger partial charge in [-0.15, -0.1) is 0 Å². The van der Waals surface area contributed by atoms with Crippen LogP contribution in [0.1, 0.15) is 11.3 Å². The molecule has 29 heavy (non-hydrogen) atoms. The Hall–Kier alpha value is -3.19. The number of nitrogens with zero attached hydrogens (tertiary/aromatic N) is 3. The molecule has 7 heteroatoms. The van der Waals surface area contributed by atoms with E-state index in [1.54, 1.807) is 11.1 Å². The number of H-pyrrole nitrogens is 1. The number of pyridine rings is 1. The van der Waals surface area contributed by atoms with Gasteiger partial charge in [0.2, 0.25) is 11.8 Å². The van der Waals surface area contributed by atoms with Gasteiger partial charge in [0, 0.05) is 55.9 Å². The van der Waals surface area contributed by atoms with Crippen molar-refractivity contribution in [2.45, 2.75) is 25.0 Å². The van der Waals surface area contributed by atoms with Gasteiger partial charge in [-0.3, -0.25) is 19.5 Å². The maximum atomic E-state index is 13.1. The third-order valence-electron chi connectivity index (χ3n) is 5.88. The second-order valence-electron chi connectivity index (χ2n) is 7.73. The molecule has 2 aliphatic rings. The summed E-state index contributed by atoms with van der Waals surface area (Å²) in [6.45, 7) is 2.53. The zero-order valence-corrected chi connectivity index (χ0v) is 16.0. The first-order valence-corrected chi connectivity index (χ1v) is 9.97. The van der Waals surface area contributed by atoms with Gasteiger partial charge in [-0.05, 0) is 23.8 Å². The highest BCUT2D eigenvalue weighted by atomic mass is 16.2. The van der Waals surface area contributed by atoms with Crippen LogP contribution in [0.15, 0.2) is 54.9 Å². The summed E-state index contributed by atoms with van der Waals surface area (Å²) in [5.74, 6) is -0.0578. The summed E-state index contributed by atoms with van der Waals surface area (Å²) in [5, 5.41) is 4.06. The van der Waals surface area contributed by atoms with E-state index in [2.05, 4.69) is 20.2 Å². The maximum Gasteiger partial charge on any atom is 0.246 e. The summed E-state index contributed by atoms with van der Waals surface area (Å²) in [5.41, 5.74) is 3.06. The van der Waals surface area contributed by atoms with Gasteiger partial charge in [0.05, 0.1) is 5.69 Å². The normalized spacial score (nSPS) is 22.6. The molecule has 0 bridgehead atoms. The van der Waals surface area contributed by atoms with E-state index in [0.717, 1.165) is 28.7 Å². The fraction of sp³-hybridized carbons (Fsp3) is 0.318. The number of rotatable bonds is 4. The summed E-state index contributed by atoms with van der Waals surface area (Å²) >= 11 is 0. The van der Waals surface area contributed by atoms with Gasteiger partial charge in [-0.2, -0.15) is 0 Å². The molecule has 0 unspecified atom stereocenters. The van der Waals surface area contributed by atoms with E-state index in [4.69, 9.17) is 0 Å². The van der Waals surface area contributed by atoms with Crippen molar-refractivity contribution < 1.29 is 9.59 Å². The first kappa shape index (κ1) is 17.9. The Labute approximate surface area is 168 Å². The van der Waals surface area contributed by atoms with Gasteiger partial charge >= 0.3 is 0 Å². The van der Waals surface area contributed by atoms with Crippen LogP contribution in [0.2, 0.25) is 0 Å². The van der Waals surface area contributed by atoms with Gasteiger partial charge in [0.25, 0.3) is 0 Å². The molecule has 3 aromatic rings. The molecule has 2 N–H and O–H groups in total. The number of amides is 2. The maximum absolute atomic E-state index is 13.1. The van der Waals surface area contributed by atoms with Crippen molar-refractivity contribution in [2.24, 2.45) is 0 Å². The Morgan fingerprint density at radius 2 is 1.93 bits per heavy atom. The summed E-state index contributed by atoms with van der Waals surface area (Å²) in [6, 6.07) is 12.9. The topological polar surface area (TPSA) is 81.3 Å². The van der Waals surface area contributed by atoms with Gasteiger partial charge in [0.1, 0.15) is 12.1 Å². The Morgan fingerprint density at radius 1 is 1.07 bits per heavy atom. The predicted molar refractivity (Wildman–Crippen MR) is 109 cm³/mol. The average molecular weight is 389 g/mol. The van der Waals surface area contributed by atoms with E-state index in [9.17, 15) is 9.59 Å². The number of fused-ring (bicyclic) bond motifs is 2. The minimum atomic E-state index is -0.514. The zero-order valence-electron chi connectivity index (χ0n) is 16.0. The monoisotopic (exact) mass is 389 g/mol. The number of carbonyl (C=O) groups excluding carboxylic acids is 2. The van der Waals surface area contributed by atoms with Crippen LogP contribution in [0.5, 0.6) is 0 Å². The Kier molecular flexibility index (Phi) is 4.52. The molecule has 1 aromatic carbocycles. The SMILES string of the molecule is O=C1N[C@@H](Cc2c[nH]c3ccccc23)C(=O)N2CCN(Cc3ccccn3)C[C@H]12. The lowest BCUT2D eigenvalue weighted by atomic mass is 9.98. The fourth-order valence-electron chi connectivity index (χ4n) is 4.38. The van der Waals surface area contributed by atoms with Crippen molar-refractivity contribution in [1.82, 2.24) is 25.1 Å². The fourth-order valence-corrected chi connectivity index (χ4v) is 4.38. The molecule has 0 saturated carbocycles. The van der Waals surface area contributed by atoms with Crippen molar-refractivity contribution in [3.8, 4) is 0 Å². The molecule has 2 atom stereocenters. The number of aromatic amines is 1. The van der Waals surface area contributed by atoms with E-state index in [1.807, 2.05) is 48.7 Å². The molecule has 7 nitrogen and oxygen atoms in total. The Bertz CT molecular complexity index is 1050. The first-order valence-electron chi connectivity index (χ1n) is 9.97. The van der Waals surface area contributed by atoms with Crippen LogP contribution in [0.3, 0.4) is 0 Å². The van der Waals surface area contributed by atoms with Gasteiger partial charge < -0.3 is 15.2 Å². The van der Waals surface area contributed by atoms with Crippen molar-refractivity contribution in [2.75, 3.05) is 19.6 Å². The van der Waals surface area contributed by atoms with E-state index in [1.165, 1.54) is 0 Å². The van der Waals surface area contributed by atoms with Gasteiger partial charge in [-0.1, -0.05) is 24.3 Å². The van der Waals surface area contributed by atoms with Crippen LogP contribution in [0.25, 0.3) is 10.9 Å². The number of piperazine rings is 2. The first-order chi connectivity index (χ1) is 14.2. The molecule has 0 spiro atoms. The molecule has 2 fully saturated rings. The molecule has 4 heterocycles. The minimum absolute atomic E-state index is 0.0115. The third kappa shape index (κ3) is 3.38. The lowest BCUT2D eigenvalue weighted by molar-refractivity contribution is -0.153. The van der Waals surface area contributed by atoms with Crippen LogP contribution in [0, 0.1) is 0 Å². The molecule has 0 radical (unpaired) electrons. The Morgan fingerprint density at radius 3 is 2.79 bits per heavy atom. The quantitative estimate of drug-likeness (QED) is 0.705. The van der Waals surface area contributed by atoms with E-state index in [-0.39, 0.29) is 11.8 Å². The highest BCUT2D eigenvalue weighted by molar-refractivity contribution is 5.98. The smallest absolute Gasteiger partial charge is 0.246 e. The van der Waals surface area contributed by atoms with E-state index >= 15 is 0 Å². The number of para-hydroxylation sites is 1. The Balaban J connectivity index is 1.29. The molecule has 2 amide bonds. The minimum Gasteiger partial charge on any atom is -0.361 e. The molecule has 5 rings (SSSR count). The highest BCUT2D eigenvalue weighted by Gasteiger charge is 2.43. The number of hydrogen-bond acceptors (Lipinski definition) is 4. The average Bonchev–Trinajstić information content (AvgIpc) is 3.15. The second-order valence-corrected chi connectivity index (χ2v) is 7.73. The molecule has 0 aliphatic carbocycles. The van der Waals surface area contributed by atoms with Crippen LogP contribution >= 0.6 is 0 Å². The number of aromatic nitrogens is 2. The van der Waals surface area contributed by atoms with Crippen molar-refractivity contribution in [3.63, 3.8) is 0 Å². The summed E-state index contributed by atoms with van der Waals surface area (Å²) < 4.78 is 0. The standard InChI is InChI=1S/C22H23N5O2/c28-21-20-14-26(13-16-5-3-4-8-23-16)9-10-27(20)22(29)19(25-21)11-15-12-24-18-7-2-1-6-17(15)18/h1-8,12,19-20,24H,9-11,13-14H2,(H,25,28)/t19-,20+/m0/s1. The molecular formula is C22H23N5O2. The summed E-state index contributed by atoms with van der Waals surface area (Å²) in [6.07, 6.45) is 4.20. The number of hydrogen-bond donors (Lipinski definition) is 2. The van der Waals surface area contributed by atoms with Crippen LogP contribution < -0.4 is 5.32 Å². The predicted octanol–water partition coefficient (Wildman–Crippen LogP) is 1.32. The van der Waals surface area contributed by atoms with Crippen molar-refractivity contribution >= 4 is 22.7 Å². The van der Waals surface area contributed by atoms with Crippen molar-refractivity contribution in [1.29, 1.82) is 0 Å². The van der Waals surface area contributed by atoms with Crippen molar-refractivity contribution in [3.05, 3.63) is 66.1 Å². The molecular weight excluding hydrogens is 366 g/mol. The van der Waals surface area contributed by atoms with E-state index < -0.39 is 12.1 Å². The number of carbonyl (C=O) groups is 2. The summed E-state index contributed by atoms with van der Waals surface area (Å²) in [4.78, 5) is 37.5. The zero-order chi connectivity index (χ0) is 19.8. The van der Waals surface area contributed by atoms with Crippen LogP contribution in [-0.2, 0) is 22.6 Å². The molecule has 148 valence electrons. The van der Waals surface area contributed by atoms with Gasteiger partial charge in [-0.25, -0.2) is 0 Å². The largest absolute Gasteiger partial charge is 0.361 e. The van der Waals surface area contributed by atoms with E-state index in [0.29, 0.717) is 26.1 Å². The third-order valence-corrected chi connectivity index (χ3v) is 5.88.